The smallest absolute Gasteiger partial charge is 0.224 e. The minimum atomic E-state index is 0.261. The van der Waals surface area contributed by atoms with Gasteiger partial charge in [0.2, 0.25) is 5.91 Å². The SMILES string of the molecule is Cc1nc(C)n(CCC(=O)N2CCCCC[C@H]3N[C@H](Cc4ccccc4)C[C@@H]32)n1. The molecule has 0 spiro atoms. The summed E-state index contributed by atoms with van der Waals surface area (Å²) in [5.41, 5.74) is 1.37. The molecular formula is C23H33N5O. The van der Waals surface area contributed by atoms with Gasteiger partial charge < -0.3 is 10.2 Å². The first-order chi connectivity index (χ1) is 14.1. The van der Waals surface area contributed by atoms with E-state index in [1.165, 1.54) is 24.8 Å². The van der Waals surface area contributed by atoms with Gasteiger partial charge in [0.15, 0.2) is 0 Å². The van der Waals surface area contributed by atoms with Gasteiger partial charge in [0.1, 0.15) is 11.6 Å². The fraction of sp³-hybridized carbons (Fsp3) is 0.609. The molecule has 0 saturated carbocycles. The van der Waals surface area contributed by atoms with Gasteiger partial charge in [-0.25, -0.2) is 9.67 Å². The first kappa shape index (κ1) is 20.1. The number of hydrogen-bond donors (Lipinski definition) is 1. The number of fused-ring (bicyclic) bond motifs is 1. The molecule has 2 aromatic rings. The molecule has 3 heterocycles. The van der Waals surface area contributed by atoms with Gasteiger partial charge in [0.25, 0.3) is 0 Å². The van der Waals surface area contributed by atoms with Crippen molar-refractivity contribution in [3.8, 4) is 0 Å². The van der Waals surface area contributed by atoms with Gasteiger partial charge in [-0.1, -0.05) is 43.2 Å². The Morgan fingerprint density at radius 1 is 1.17 bits per heavy atom. The summed E-state index contributed by atoms with van der Waals surface area (Å²) in [6, 6.07) is 11.9. The number of nitrogens with one attached hydrogen (secondary N) is 1. The number of hydrogen-bond acceptors (Lipinski definition) is 4. The summed E-state index contributed by atoms with van der Waals surface area (Å²) in [6.07, 6.45) is 7.32. The Labute approximate surface area is 173 Å². The lowest BCUT2D eigenvalue weighted by Gasteiger charge is -2.35. The molecule has 0 radical (unpaired) electrons. The van der Waals surface area contributed by atoms with E-state index >= 15 is 0 Å². The summed E-state index contributed by atoms with van der Waals surface area (Å²) in [7, 11) is 0. The summed E-state index contributed by atoms with van der Waals surface area (Å²) in [5, 5.41) is 8.27. The standard InChI is InChI=1S/C23H33N5O/c1-17-24-18(2)28(26-17)14-12-23(29)27-13-8-4-7-11-21-22(27)16-20(25-21)15-19-9-5-3-6-10-19/h3,5-6,9-10,20-22,25H,4,7-8,11-16H2,1-2H3/t20-,21-,22+/m1/s1. The van der Waals surface area contributed by atoms with E-state index in [1.807, 2.05) is 18.5 Å². The number of aromatic nitrogens is 3. The predicted octanol–water partition coefficient (Wildman–Crippen LogP) is 3.03. The minimum absolute atomic E-state index is 0.261. The fourth-order valence-corrected chi connectivity index (χ4v) is 5.02. The molecule has 1 amide bonds. The number of aryl methyl sites for hydroxylation is 3. The van der Waals surface area contributed by atoms with Crippen molar-refractivity contribution in [2.75, 3.05) is 6.54 Å². The zero-order valence-corrected chi connectivity index (χ0v) is 17.7. The number of amides is 1. The highest BCUT2D eigenvalue weighted by atomic mass is 16.2. The topological polar surface area (TPSA) is 63.1 Å². The van der Waals surface area contributed by atoms with Gasteiger partial charge in [-0.3, -0.25) is 4.79 Å². The van der Waals surface area contributed by atoms with E-state index in [9.17, 15) is 4.79 Å². The molecule has 6 heteroatoms. The molecule has 2 saturated heterocycles. The number of nitrogens with zero attached hydrogens (tertiary/aromatic N) is 4. The van der Waals surface area contributed by atoms with Crippen LogP contribution in [0.1, 0.15) is 55.7 Å². The summed E-state index contributed by atoms with van der Waals surface area (Å²) in [5.74, 6) is 1.91. The maximum Gasteiger partial charge on any atom is 0.224 e. The predicted molar refractivity (Wildman–Crippen MR) is 114 cm³/mol. The quantitative estimate of drug-likeness (QED) is 0.845. The molecule has 156 valence electrons. The largest absolute Gasteiger partial charge is 0.338 e. The summed E-state index contributed by atoms with van der Waals surface area (Å²) >= 11 is 0. The summed E-state index contributed by atoms with van der Waals surface area (Å²) < 4.78 is 1.86. The Morgan fingerprint density at radius 3 is 2.76 bits per heavy atom. The molecular weight excluding hydrogens is 362 g/mol. The van der Waals surface area contributed by atoms with Gasteiger partial charge in [0, 0.05) is 31.1 Å². The van der Waals surface area contributed by atoms with Crippen molar-refractivity contribution in [1.82, 2.24) is 25.0 Å². The van der Waals surface area contributed by atoms with Crippen molar-refractivity contribution in [3.05, 3.63) is 47.5 Å². The molecule has 6 nitrogen and oxygen atoms in total. The molecule has 0 bridgehead atoms. The van der Waals surface area contributed by atoms with Crippen LogP contribution in [-0.2, 0) is 17.8 Å². The van der Waals surface area contributed by atoms with E-state index in [-0.39, 0.29) is 5.91 Å². The second-order valence-corrected chi connectivity index (χ2v) is 8.58. The van der Waals surface area contributed by atoms with Crippen molar-refractivity contribution in [2.45, 2.75) is 83.5 Å². The van der Waals surface area contributed by atoms with Crippen LogP contribution in [0.5, 0.6) is 0 Å². The van der Waals surface area contributed by atoms with Crippen LogP contribution >= 0.6 is 0 Å². The van der Waals surface area contributed by atoms with Crippen LogP contribution in [0.3, 0.4) is 0 Å². The third kappa shape index (κ3) is 4.86. The van der Waals surface area contributed by atoms with Crippen LogP contribution in [0.25, 0.3) is 0 Å². The van der Waals surface area contributed by atoms with E-state index in [4.69, 9.17) is 0 Å². The Balaban J connectivity index is 1.42. The maximum atomic E-state index is 13.2. The molecule has 0 unspecified atom stereocenters. The Hall–Kier alpha value is -2.21. The Morgan fingerprint density at radius 2 is 2.00 bits per heavy atom. The van der Waals surface area contributed by atoms with E-state index in [0.717, 1.165) is 37.5 Å². The third-order valence-electron chi connectivity index (χ3n) is 6.40. The second kappa shape index (κ2) is 9.08. The first-order valence-corrected chi connectivity index (χ1v) is 11.1. The van der Waals surface area contributed by atoms with Crippen molar-refractivity contribution >= 4 is 5.91 Å². The number of carbonyl (C=O) groups is 1. The van der Waals surface area contributed by atoms with Crippen LogP contribution in [-0.4, -0.2) is 50.2 Å². The molecule has 29 heavy (non-hydrogen) atoms. The normalized spacial score (nSPS) is 24.8. The number of carbonyl (C=O) groups excluding carboxylic acids is 1. The second-order valence-electron chi connectivity index (χ2n) is 8.58. The first-order valence-electron chi connectivity index (χ1n) is 11.1. The Kier molecular flexibility index (Phi) is 6.28. The van der Waals surface area contributed by atoms with E-state index in [0.29, 0.717) is 31.1 Å². The average molecular weight is 396 g/mol. The van der Waals surface area contributed by atoms with E-state index < -0.39 is 0 Å². The highest BCUT2D eigenvalue weighted by Crippen LogP contribution is 2.28. The fourth-order valence-electron chi connectivity index (χ4n) is 5.02. The van der Waals surface area contributed by atoms with Crippen LogP contribution in [0.2, 0.25) is 0 Å². The lowest BCUT2D eigenvalue weighted by atomic mass is 9.95. The summed E-state index contributed by atoms with van der Waals surface area (Å²) in [6.45, 7) is 5.34. The van der Waals surface area contributed by atoms with Gasteiger partial charge in [-0.05, 0) is 45.1 Å². The van der Waals surface area contributed by atoms with Crippen molar-refractivity contribution in [3.63, 3.8) is 0 Å². The molecule has 2 fully saturated rings. The van der Waals surface area contributed by atoms with Crippen LogP contribution in [0.4, 0.5) is 0 Å². The molecule has 2 aliphatic rings. The molecule has 0 aliphatic carbocycles. The van der Waals surface area contributed by atoms with Crippen LogP contribution < -0.4 is 5.32 Å². The van der Waals surface area contributed by atoms with Gasteiger partial charge >= 0.3 is 0 Å². The van der Waals surface area contributed by atoms with Gasteiger partial charge in [-0.2, -0.15) is 5.10 Å². The molecule has 1 aromatic carbocycles. The minimum Gasteiger partial charge on any atom is -0.338 e. The van der Waals surface area contributed by atoms with Crippen molar-refractivity contribution < 1.29 is 4.79 Å². The van der Waals surface area contributed by atoms with Gasteiger partial charge in [-0.15, -0.1) is 0 Å². The number of likely N-dealkylation sites (tertiary alicyclic amines) is 1. The van der Waals surface area contributed by atoms with Crippen molar-refractivity contribution in [1.29, 1.82) is 0 Å². The highest BCUT2D eigenvalue weighted by molar-refractivity contribution is 5.76. The number of rotatable bonds is 5. The van der Waals surface area contributed by atoms with E-state index in [1.54, 1.807) is 0 Å². The Bertz CT molecular complexity index is 818. The maximum absolute atomic E-state index is 13.2. The molecule has 1 N–H and O–H groups in total. The summed E-state index contributed by atoms with van der Waals surface area (Å²) in [4.78, 5) is 19.7. The molecule has 1 aromatic heterocycles. The number of benzene rings is 1. The van der Waals surface area contributed by atoms with Crippen molar-refractivity contribution in [2.24, 2.45) is 0 Å². The monoisotopic (exact) mass is 395 g/mol. The van der Waals surface area contributed by atoms with Gasteiger partial charge in [0.05, 0.1) is 6.54 Å². The zero-order valence-electron chi connectivity index (χ0n) is 17.7. The van der Waals surface area contributed by atoms with Crippen LogP contribution in [0, 0.1) is 13.8 Å². The zero-order chi connectivity index (χ0) is 20.2. The molecule has 3 atom stereocenters. The molecule has 2 aliphatic heterocycles. The van der Waals surface area contributed by atoms with E-state index in [2.05, 4.69) is 50.6 Å². The average Bonchev–Trinajstić information content (AvgIpc) is 3.22. The van der Waals surface area contributed by atoms with Crippen LogP contribution in [0.15, 0.2) is 30.3 Å². The lowest BCUT2D eigenvalue weighted by Crippen LogP contribution is -2.48. The molecule has 4 rings (SSSR count). The highest BCUT2D eigenvalue weighted by Gasteiger charge is 2.39. The lowest BCUT2D eigenvalue weighted by molar-refractivity contribution is -0.134. The third-order valence-corrected chi connectivity index (χ3v) is 6.40.